The molecule has 1 unspecified atom stereocenters. The quantitative estimate of drug-likeness (QED) is 0.789. The molecule has 0 aliphatic heterocycles. The summed E-state index contributed by atoms with van der Waals surface area (Å²) in [6, 6.07) is -0.131. The van der Waals surface area contributed by atoms with E-state index in [-0.39, 0.29) is 11.9 Å². The van der Waals surface area contributed by atoms with Crippen LogP contribution in [0.3, 0.4) is 0 Å². The fraction of sp³-hybridized carbons (Fsp3) is 0.692. The zero-order valence-corrected chi connectivity index (χ0v) is 11.8. The number of hydrogen-bond acceptors (Lipinski definition) is 3. The van der Waals surface area contributed by atoms with Crippen molar-refractivity contribution in [2.45, 2.75) is 40.3 Å². The molecule has 1 amide bonds. The van der Waals surface area contributed by atoms with Gasteiger partial charge in [0.05, 0.1) is 6.04 Å². The molecule has 5 heteroatoms. The molecule has 1 aromatic rings. The molecule has 0 radical (unpaired) electrons. The van der Waals surface area contributed by atoms with E-state index in [9.17, 15) is 4.79 Å². The molecule has 102 valence electrons. The number of amides is 1. The molecule has 0 saturated carbocycles. The number of imidazole rings is 1. The molecule has 0 fully saturated rings. The Labute approximate surface area is 109 Å². The van der Waals surface area contributed by atoms with Crippen molar-refractivity contribution < 1.29 is 4.79 Å². The Bertz CT molecular complexity index is 371. The molecule has 0 spiro atoms. The van der Waals surface area contributed by atoms with Gasteiger partial charge in [0.2, 0.25) is 5.91 Å². The Hall–Kier alpha value is -1.36. The lowest BCUT2D eigenvalue weighted by Crippen LogP contribution is -2.45. The minimum absolute atomic E-state index is 0.131. The van der Waals surface area contributed by atoms with E-state index in [4.69, 9.17) is 0 Å². The molecule has 1 heterocycles. The minimum Gasteiger partial charge on any atom is -0.342 e. The highest BCUT2D eigenvalue weighted by atomic mass is 16.2. The number of carbonyl (C=O) groups is 1. The summed E-state index contributed by atoms with van der Waals surface area (Å²) in [6.45, 7) is 11.0. The second-order valence-electron chi connectivity index (χ2n) is 4.35. The van der Waals surface area contributed by atoms with Crippen LogP contribution in [0.2, 0.25) is 0 Å². The van der Waals surface area contributed by atoms with Crippen LogP contribution in [0, 0.1) is 6.92 Å². The van der Waals surface area contributed by atoms with Crippen molar-refractivity contribution in [3.63, 3.8) is 0 Å². The van der Waals surface area contributed by atoms with Gasteiger partial charge < -0.3 is 14.8 Å². The maximum atomic E-state index is 12.0. The van der Waals surface area contributed by atoms with Gasteiger partial charge in [-0.1, -0.05) is 0 Å². The topological polar surface area (TPSA) is 50.2 Å². The van der Waals surface area contributed by atoms with E-state index in [2.05, 4.69) is 14.9 Å². The smallest absolute Gasteiger partial charge is 0.239 e. The van der Waals surface area contributed by atoms with Crippen LogP contribution in [-0.4, -0.2) is 46.0 Å². The Kier molecular flexibility index (Phi) is 5.85. The minimum atomic E-state index is -0.131. The third-order valence-electron chi connectivity index (χ3n) is 3.17. The van der Waals surface area contributed by atoms with Gasteiger partial charge in [0.15, 0.2) is 0 Å². The van der Waals surface area contributed by atoms with Crippen LogP contribution in [0.5, 0.6) is 0 Å². The average molecular weight is 252 g/mol. The molecule has 0 saturated heterocycles. The molecule has 1 atom stereocenters. The molecule has 5 nitrogen and oxygen atoms in total. The molecule has 0 aromatic carbocycles. The lowest BCUT2D eigenvalue weighted by atomic mass is 10.3. The van der Waals surface area contributed by atoms with Crippen molar-refractivity contribution in [3.05, 3.63) is 18.2 Å². The molecule has 1 N–H and O–H groups in total. The molecule has 0 aliphatic carbocycles. The van der Waals surface area contributed by atoms with Gasteiger partial charge in [-0.2, -0.15) is 0 Å². The van der Waals surface area contributed by atoms with Gasteiger partial charge in [-0.25, -0.2) is 4.98 Å². The maximum Gasteiger partial charge on any atom is 0.239 e. The van der Waals surface area contributed by atoms with Gasteiger partial charge in [-0.3, -0.25) is 4.79 Å². The molecule has 18 heavy (non-hydrogen) atoms. The van der Waals surface area contributed by atoms with E-state index in [1.165, 1.54) is 0 Å². The van der Waals surface area contributed by atoms with Crippen LogP contribution in [-0.2, 0) is 11.3 Å². The zero-order valence-electron chi connectivity index (χ0n) is 11.8. The van der Waals surface area contributed by atoms with Crippen molar-refractivity contribution in [1.29, 1.82) is 0 Å². The predicted octanol–water partition coefficient (Wildman–Crippen LogP) is 1.04. The highest BCUT2D eigenvalue weighted by Crippen LogP contribution is 1.96. The predicted molar refractivity (Wildman–Crippen MR) is 72.4 cm³/mol. The van der Waals surface area contributed by atoms with Gasteiger partial charge in [0.1, 0.15) is 5.82 Å². The molecule has 1 aromatic heterocycles. The Morgan fingerprint density at radius 3 is 2.67 bits per heavy atom. The van der Waals surface area contributed by atoms with Gasteiger partial charge in [-0.05, 0) is 27.7 Å². The fourth-order valence-corrected chi connectivity index (χ4v) is 1.94. The second kappa shape index (κ2) is 7.16. The van der Waals surface area contributed by atoms with Crippen LogP contribution >= 0.6 is 0 Å². The highest BCUT2D eigenvalue weighted by Gasteiger charge is 2.16. The van der Waals surface area contributed by atoms with Gasteiger partial charge in [0.25, 0.3) is 0 Å². The summed E-state index contributed by atoms with van der Waals surface area (Å²) in [4.78, 5) is 18.0. The second-order valence-corrected chi connectivity index (χ2v) is 4.35. The first kappa shape index (κ1) is 14.7. The van der Waals surface area contributed by atoms with E-state index in [1.54, 1.807) is 6.20 Å². The molecule has 0 aliphatic rings. The van der Waals surface area contributed by atoms with Crippen molar-refractivity contribution in [3.8, 4) is 0 Å². The fourth-order valence-electron chi connectivity index (χ4n) is 1.94. The number of aryl methyl sites for hydroxylation is 1. The van der Waals surface area contributed by atoms with E-state index in [0.29, 0.717) is 0 Å². The highest BCUT2D eigenvalue weighted by molar-refractivity contribution is 5.81. The summed E-state index contributed by atoms with van der Waals surface area (Å²) < 4.78 is 2.07. The summed E-state index contributed by atoms with van der Waals surface area (Å²) in [6.07, 6.45) is 3.74. The van der Waals surface area contributed by atoms with Gasteiger partial charge in [-0.15, -0.1) is 0 Å². The SMILES string of the molecule is CCN(CC)C(=O)C(C)NCCn1ccnc1C. The largest absolute Gasteiger partial charge is 0.342 e. The van der Waals surface area contributed by atoms with Crippen molar-refractivity contribution >= 4 is 5.91 Å². The van der Waals surface area contributed by atoms with Crippen LogP contribution in [0.15, 0.2) is 12.4 Å². The first-order valence-corrected chi connectivity index (χ1v) is 6.60. The van der Waals surface area contributed by atoms with Crippen molar-refractivity contribution in [2.24, 2.45) is 0 Å². The zero-order chi connectivity index (χ0) is 13.5. The van der Waals surface area contributed by atoms with E-state index < -0.39 is 0 Å². The number of carbonyl (C=O) groups excluding carboxylic acids is 1. The standard InChI is InChI=1S/C13H24N4O/c1-5-16(6-2)13(18)11(3)14-7-9-17-10-8-15-12(17)4/h8,10-11,14H,5-7,9H2,1-4H3. The first-order chi connectivity index (χ1) is 8.60. The lowest BCUT2D eigenvalue weighted by Gasteiger charge is -2.23. The van der Waals surface area contributed by atoms with Crippen molar-refractivity contribution in [1.82, 2.24) is 19.8 Å². The third-order valence-corrected chi connectivity index (χ3v) is 3.17. The first-order valence-electron chi connectivity index (χ1n) is 6.60. The van der Waals surface area contributed by atoms with Crippen LogP contribution < -0.4 is 5.32 Å². The van der Waals surface area contributed by atoms with Crippen LogP contribution in [0.25, 0.3) is 0 Å². The summed E-state index contributed by atoms with van der Waals surface area (Å²) >= 11 is 0. The summed E-state index contributed by atoms with van der Waals surface area (Å²) in [5, 5.41) is 3.26. The van der Waals surface area contributed by atoms with Crippen molar-refractivity contribution in [2.75, 3.05) is 19.6 Å². The van der Waals surface area contributed by atoms with Gasteiger partial charge >= 0.3 is 0 Å². The van der Waals surface area contributed by atoms with E-state index >= 15 is 0 Å². The Balaban J connectivity index is 2.35. The number of nitrogens with one attached hydrogen (secondary N) is 1. The van der Waals surface area contributed by atoms with Crippen LogP contribution in [0.1, 0.15) is 26.6 Å². The Morgan fingerprint density at radius 1 is 1.50 bits per heavy atom. The van der Waals surface area contributed by atoms with Crippen LogP contribution in [0.4, 0.5) is 0 Å². The molecule has 0 bridgehead atoms. The maximum absolute atomic E-state index is 12.0. The molecular weight excluding hydrogens is 228 g/mol. The number of likely N-dealkylation sites (N-methyl/N-ethyl adjacent to an activating group) is 1. The number of rotatable bonds is 7. The monoisotopic (exact) mass is 252 g/mol. The molecular formula is C13H24N4O. The van der Waals surface area contributed by atoms with Gasteiger partial charge in [0, 0.05) is 38.6 Å². The number of aromatic nitrogens is 2. The summed E-state index contributed by atoms with van der Waals surface area (Å²) in [5.74, 6) is 1.17. The summed E-state index contributed by atoms with van der Waals surface area (Å²) in [7, 11) is 0. The summed E-state index contributed by atoms with van der Waals surface area (Å²) in [5.41, 5.74) is 0. The van der Waals surface area contributed by atoms with E-state index in [0.717, 1.165) is 32.0 Å². The third kappa shape index (κ3) is 3.84. The normalized spacial score (nSPS) is 12.4. The number of nitrogens with zero attached hydrogens (tertiary/aromatic N) is 3. The Morgan fingerprint density at radius 2 is 2.17 bits per heavy atom. The van der Waals surface area contributed by atoms with E-state index in [1.807, 2.05) is 38.8 Å². The average Bonchev–Trinajstić information content (AvgIpc) is 2.76. The number of hydrogen-bond donors (Lipinski definition) is 1. The lowest BCUT2D eigenvalue weighted by molar-refractivity contribution is -0.132. The molecule has 1 rings (SSSR count).